The van der Waals surface area contributed by atoms with E-state index in [0.717, 1.165) is 9.88 Å². The summed E-state index contributed by atoms with van der Waals surface area (Å²) in [6, 6.07) is 8.80. The number of hydrogen-bond donors (Lipinski definition) is 2. The molecule has 0 aliphatic carbocycles. The van der Waals surface area contributed by atoms with Crippen molar-refractivity contribution < 1.29 is 14.3 Å². The number of carbonyl (C=O) groups is 2. The van der Waals surface area contributed by atoms with Gasteiger partial charge in [0.1, 0.15) is 15.6 Å². The first-order chi connectivity index (χ1) is 12.5. The molecule has 2 aromatic heterocycles. The smallest absolute Gasteiger partial charge is 0.267 e. The van der Waals surface area contributed by atoms with Gasteiger partial charge in [0.05, 0.1) is 20.6 Å². The number of halogens is 1. The Bertz CT molecular complexity index is 1030. The minimum atomic E-state index is -0.253. The van der Waals surface area contributed by atoms with E-state index in [1.54, 1.807) is 25.1 Å². The number of fused-ring (bicyclic) bond motifs is 1. The third kappa shape index (κ3) is 3.31. The van der Waals surface area contributed by atoms with Crippen molar-refractivity contribution in [3.63, 3.8) is 0 Å². The molecule has 2 N–H and O–H groups in total. The molecule has 0 unspecified atom stereocenters. The van der Waals surface area contributed by atoms with E-state index in [1.165, 1.54) is 22.7 Å². The van der Waals surface area contributed by atoms with Crippen LogP contribution in [0.4, 0.5) is 11.4 Å². The van der Waals surface area contributed by atoms with Gasteiger partial charge >= 0.3 is 0 Å². The molecule has 26 heavy (non-hydrogen) atoms. The number of ether oxygens (including phenoxy) is 1. The minimum absolute atomic E-state index is 0.00568. The van der Waals surface area contributed by atoms with Crippen LogP contribution in [0.2, 0.25) is 4.34 Å². The Labute approximate surface area is 161 Å². The molecular formula is C17H12ClN3O3S2. The standard InChI is InChI=1S/C17H12ClN3O3S2/c1-8-15(26-17(19-8)12-4-5-13(18)25-12)16(23)20-9-2-3-11-10(6-9)21-14(22)7-24-11/h2-6H,7H2,1H3,(H,20,23)(H,21,22). The van der Waals surface area contributed by atoms with E-state index < -0.39 is 0 Å². The predicted octanol–water partition coefficient (Wildman–Crippen LogP) is 4.42. The van der Waals surface area contributed by atoms with Gasteiger partial charge in [0, 0.05) is 5.69 Å². The van der Waals surface area contributed by atoms with E-state index in [1.807, 2.05) is 12.1 Å². The van der Waals surface area contributed by atoms with Gasteiger partial charge in [0.2, 0.25) is 0 Å². The molecule has 0 spiro atoms. The Morgan fingerprint density at radius 1 is 1.31 bits per heavy atom. The van der Waals surface area contributed by atoms with E-state index in [0.29, 0.717) is 32.0 Å². The number of aryl methyl sites for hydroxylation is 1. The highest BCUT2D eigenvalue weighted by Crippen LogP contribution is 2.35. The number of nitrogens with one attached hydrogen (secondary N) is 2. The summed E-state index contributed by atoms with van der Waals surface area (Å²) in [7, 11) is 0. The number of anilines is 2. The van der Waals surface area contributed by atoms with Crippen LogP contribution in [0.1, 0.15) is 15.4 Å². The van der Waals surface area contributed by atoms with Crippen LogP contribution in [0.15, 0.2) is 30.3 Å². The molecule has 0 fully saturated rings. The van der Waals surface area contributed by atoms with Crippen molar-refractivity contribution in [1.82, 2.24) is 4.98 Å². The third-order valence-corrected chi connectivity index (χ3v) is 6.21. The van der Waals surface area contributed by atoms with Gasteiger partial charge in [0.25, 0.3) is 11.8 Å². The number of aromatic nitrogens is 1. The second-order valence-corrected chi connectivity index (χ2v) is 8.25. The molecular weight excluding hydrogens is 394 g/mol. The molecule has 1 aromatic carbocycles. The Morgan fingerprint density at radius 3 is 2.92 bits per heavy atom. The first-order valence-electron chi connectivity index (χ1n) is 7.61. The first kappa shape index (κ1) is 17.0. The maximum Gasteiger partial charge on any atom is 0.267 e. The second kappa shape index (κ2) is 6.71. The van der Waals surface area contributed by atoms with Crippen molar-refractivity contribution in [2.24, 2.45) is 0 Å². The normalized spacial score (nSPS) is 12.9. The molecule has 0 bridgehead atoms. The van der Waals surface area contributed by atoms with Gasteiger partial charge in [-0.3, -0.25) is 9.59 Å². The highest BCUT2D eigenvalue weighted by atomic mass is 35.5. The lowest BCUT2D eigenvalue weighted by atomic mass is 10.2. The highest BCUT2D eigenvalue weighted by molar-refractivity contribution is 7.24. The predicted molar refractivity (Wildman–Crippen MR) is 104 cm³/mol. The summed E-state index contributed by atoms with van der Waals surface area (Å²) >= 11 is 8.71. The molecule has 2 amide bonds. The second-order valence-electron chi connectivity index (χ2n) is 5.54. The van der Waals surface area contributed by atoms with E-state index in [4.69, 9.17) is 16.3 Å². The van der Waals surface area contributed by atoms with Crippen LogP contribution >= 0.6 is 34.3 Å². The van der Waals surface area contributed by atoms with Crippen molar-refractivity contribution in [2.75, 3.05) is 17.2 Å². The largest absolute Gasteiger partial charge is 0.482 e. The van der Waals surface area contributed by atoms with Crippen LogP contribution in [0.3, 0.4) is 0 Å². The number of rotatable bonds is 3. The van der Waals surface area contributed by atoms with Crippen LogP contribution in [0.5, 0.6) is 5.75 Å². The maximum absolute atomic E-state index is 12.6. The maximum atomic E-state index is 12.6. The van der Waals surface area contributed by atoms with E-state index >= 15 is 0 Å². The molecule has 1 aliphatic rings. The number of benzene rings is 1. The fourth-order valence-corrected chi connectivity index (χ4v) is 4.55. The minimum Gasteiger partial charge on any atom is -0.482 e. The summed E-state index contributed by atoms with van der Waals surface area (Å²) in [5.74, 6) is 0.101. The lowest BCUT2D eigenvalue weighted by Crippen LogP contribution is -2.25. The van der Waals surface area contributed by atoms with Crippen molar-refractivity contribution in [3.8, 4) is 15.6 Å². The van der Waals surface area contributed by atoms with Crippen molar-refractivity contribution in [3.05, 3.63) is 45.2 Å². The molecule has 0 radical (unpaired) electrons. The summed E-state index contributed by atoms with van der Waals surface area (Å²) in [4.78, 5) is 30.0. The van der Waals surface area contributed by atoms with Crippen LogP contribution in [0, 0.1) is 6.92 Å². The Hall–Kier alpha value is -2.42. The molecule has 0 saturated heterocycles. The lowest BCUT2D eigenvalue weighted by molar-refractivity contribution is -0.118. The molecule has 9 heteroatoms. The number of nitrogens with zero attached hydrogens (tertiary/aromatic N) is 1. The fraction of sp³-hybridized carbons (Fsp3) is 0.118. The number of thiophene rings is 1. The molecule has 132 valence electrons. The highest BCUT2D eigenvalue weighted by Gasteiger charge is 2.19. The number of hydrogen-bond acceptors (Lipinski definition) is 6. The summed E-state index contributed by atoms with van der Waals surface area (Å²) in [5.41, 5.74) is 1.75. The molecule has 3 heterocycles. The van der Waals surface area contributed by atoms with Gasteiger partial charge in [-0.2, -0.15) is 0 Å². The zero-order valence-corrected chi connectivity index (χ0v) is 15.8. The summed E-state index contributed by atoms with van der Waals surface area (Å²) < 4.78 is 5.99. The van der Waals surface area contributed by atoms with E-state index in [-0.39, 0.29) is 18.4 Å². The first-order valence-corrected chi connectivity index (χ1v) is 9.62. The molecule has 4 rings (SSSR count). The quantitative estimate of drug-likeness (QED) is 0.676. The fourth-order valence-electron chi connectivity index (χ4n) is 2.49. The molecule has 3 aromatic rings. The topological polar surface area (TPSA) is 80.3 Å². The van der Waals surface area contributed by atoms with E-state index in [9.17, 15) is 9.59 Å². The van der Waals surface area contributed by atoms with Gasteiger partial charge < -0.3 is 15.4 Å². The van der Waals surface area contributed by atoms with Crippen molar-refractivity contribution in [2.45, 2.75) is 6.92 Å². The summed E-state index contributed by atoms with van der Waals surface area (Å²) in [6.45, 7) is 1.79. The van der Waals surface area contributed by atoms with Crippen LogP contribution < -0.4 is 15.4 Å². The number of thiazole rings is 1. The van der Waals surface area contributed by atoms with Gasteiger partial charge in [-0.1, -0.05) is 11.6 Å². The Morgan fingerprint density at radius 2 is 2.15 bits per heavy atom. The van der Waals surface area contributed by atoms with Gasteiger partial charge in [-0.15, -0.1) is 22.7 Å². The molecule has 0 saturated carbocycles. The molecule has 1 aliphatic heterocycles. The van der Waals surface area contributed by atoms with Gasteiger partial charge in [0.15, 0.2) is 6.61 Å². The third-order valence-electron chi connectivity index (χ3n) is 3.66. The Balaban J connectivity index is 1.56. The van der Waals surface area contributed by atoms with E-state index in [2.05, 4.69) is 15.6 Å². The monoisotopic (exact) mass is 405 g/mol. The average Bonchev–Trinajstić information content (AvgIpc) is 3.20. The molecule has 6 nitrogen and oxygen atoms in total. The number of carbonyl (C=O) groups excluding carboxylic acids is 2. The zero-order valence-electron chi connectivity index (χ0n) is 13.5. The zero-order chi connectivity index (χ0) is 18.3. The van der Waals surface area contributed by atoms with Crippen LogP contribution in [-0.4, -0.2) is 23.4 Å². The van der Waals surface area contributed by atoms with Crippen LogP contribution in [0.25, 0.3) is 9.88 Å². The average molecular weight is 406 g/mol. The summed E-state index contributed by atoms with van der Waals surface area (Å²) in [5, 5.41) is 6.31. The number of amides is 2. The van der Waals surface area contributed by atoms with Crippen molar-refractivity contribution in [1.29, 1.82) is 0 Å². The summed E-state index contributed by atoms with van der Waals surface area (Å²) in [6.07, 6.45) is 0. The van der Waals surface area contributed by atoms with Gasteiger partial charge in [-0.05, 0) is 37.3 Å². The van der Waals surface area contributed by atoms with Crippen LogP contribution in [-0.2, 0) is 4.79 Å². The van der Waals surface area contributed by atoms with Crippen molar-refractivity contribution >= 4 is 57.5 Å². The molecule has 0 atom stereocenters. The SMILES string of the molecule is Cc1nc(-c2ccc(Cl)s2)sc1C(=O)Nc1ccc2c(c1)NC(=O)CO2. The lowest BCUT2D eigenvalue weighted by Gasteiger charge is -2.18. The van der Waals surface area contributed by atoms with Gasteiger partial charge in [-0.25, -0.2) is 4.98 Å². The Kier molecular flexibility index (Phi) is 4.39.